The molecule has 2 unspecified atom stereocenters. The van der Waals surface area contributed by atoms with E-state index < -0.39 is 12.1 Å². The molecule has 24 heavy (non-hydrogen) atoms. The zero-order chi connectivity index (χ0) is 17.6. The predicted octanol–water partition coefficient (Wildman–Crippen LogP) is 0.482. The molecule has 0 aromatic heterocycles. The lowest BCUT2D eigenvalue weighted by Crippen LogP contribution is -2.64. The van der Waals surface area contributed by atoms with E-state index in [1.54, 1.807) is 24.2 Å². The first-order chi connectivity index (χ1) is 11.4. The highest BCUT2D eigenvalue weighted by molar-refractivity contribution is 6.23. The van der Waals surface area contributed by atoms with Crippen LogP contribution in [0.3, 0.4) is 0 Å². The van der Waals surface area contributed by atoms with Crippen molar-refractivity contribution in [2.45, 2.75) is 25.9 Å². The third kappa shape index (κ3) is 2.10. The minimum atomic E-state index is -0.629. The number of likely N-dealkylation sites (N-methyl/N-ethyl adjacent to an activating group) is 1. The van der Waals surface area contributed by atoms with Gasteiger partial charge in [-0.3, -0.25) is 14.6 Å². The van der Waals surface area contributed by atoms with Crippen molar-refractivity contribution in [2.24, 2.45) is 10.1 Å². The Labute approximate surface area is 140 Å². The van der Waals surface area contributed by atoms with Gasteiger partial charge in [-0.1, -0.05) is 23.7 Å². The number of carbonyl (C=O) groups is 2. The summed E-state index contributed by atoms with van der Waals surface area (Å²) in [5, 5.41) is 6.23. The molecular formula is C16H21N6O2+. The van der Waals surface area contributed by atoms with E-state index in [1.165, 1.54) is 9.80 Å². The van der Waals surface area contributed by atoms with Crippen molar-refractivity contribution in [3.8, 4) is 0 Å². The Morgan fingerprint density at radius 1 is 1.25 bits per heavy atom. The zero-order valence-electron chi connectivity index (χ0n) is 14.1. The van der Waals surface area contributed by atoms with Gasteiger partial charge in [-0.2, -0.15) is 0 Å². The van der Waals surface area contributed by atoms with Crippen molar-refractivity contribution in [3.05, 3.63) is 25.3 Å². The average Bonchev–Trinajstić information content (AvgIpc) is 2.96. The van der Waals surface area contributed by atoms with Crippen molar-refractivity contribution in [2.75, 3.05) is 20.1 Å². The highest BCUT2D eigenvalue weighted by atomic mass is 16.2. The van der Waals surface area contributed by atoms with E-state index in [2.05, 4.69) is 23.3 Å². The van der Waals surface area contributed by atoms with Crippen LogP contribution in [0.1, 0.15) is 13.8 Å². The highest BCUT2D eigenvalue weighted by Crippen LogP contribution is 2.25. The van der Waals surface area contributed by atoms with Gasteiger partial charge < -0.3 is 0 Å². The summed E-state index contributed by atoms with van der Waals surface area (Å²) in [6, 6.07) is -1.12. The molecule has 0 bridgehead atoms. The number of amidine groups is 1. The fourth-order valence-electron chi connectivity index (χ4n) is 3.12. The molecule has 3 amide bonds. The number of hydrogen-bond donors (Lipinski definition) is 0. The van der Waals surface area contributed by atoms with E-state index in [1.807, 2.05) is 18.4 Å². The molecule has 0 aromatic carbocycles. The molecule has 3 heterocycles. The van der Waals surface area contributed by atoms with Gasteiger partial charge >= 0.3 is 12.0 Å². The smallest absolute Gasteiger partial charge is 0.270 e. The summed E-state index contributed by atoms with van der Waals surface area (Å²) in [4.78, 5) is 32.6. The van der Waals surface area contributed by atoms with Crippen LogP contribution < -0.4 is 0 Å². The Bertz CT molecular complexity index is 735. The Morgan fingerprint density at radius 3 is 2.54 bits per heavy atom. The van der Waals surface area contributed by atoms with Crippen LogP contribution in [0.2, 0.25) is 0 Å². The Kier molecular flexibility index (Phi) is 3.82. The molecule has 0 aliphatic carbocycles. The van der Waals surface area contributed by atoms with Gasteiger partial charge in [0, 0.05) is 13.6 Å². The number of aliphatic imine (C=N–C) groups is 1. The van der Waals surface area contributed by atoms with Crippen molar-refractivity contribution >= 4 is 29.4 Å². The van der Waals surface area contributed by atoms with E-state index in [-0.39, 0.29) is 18.5 Å². The lowest BCUT2D eigenvalue weighted by molar-refractivity contribution is -0.559. The Hall–Kier alpha value is -2.77. The van der Waals surface area contributed by atoms with Gasteiger partial charge in [0.25, 0.3) is 5.91 Å². The average molecular weight is 329 g/mol. The summed E-state index contributed by atoms with van der Waals surface area (Å²) in [6.07, 6.45) is 3.27. The Balaban J connectivity index is 2.09. The minimum absolute atomic E-state index is 0.0940. The summed E-state index contributed by atoms with van der Waals surface area (Å²) in [7, 11) is 1.63. The molecule has 2 atom stereocenters. The lowest BCUT2D eigenvalue weighted by atomic mass is 10.1. The molecule has 8 nitrogen and oxygen atoms in total. The van der Waals surface area contributed by atoms with Gasteiger partial charge in [0.05, 0.1) is 5.71 Å². The number of fused-ring (bicyclic) bond motifs is 2. The predicted molar refractivity (Wildman–Crippen MR) is 91.0 cm³/mol. The molecule has 126 valence electrons. The summed E-state index contributed by atoms with van der Waals surface area (Å²) in [5.41, 5.74) is 0.875. The van der Waals surface area contributed by atoms with Crippen LogP contribution >= 0.6 is 0 Å². The summed E-state index contributed by atoms with van der Waals surface area (Å²) < 4.78 is 1.92. The number of hydrogen-bond acceptors (Lipinski definition) is 5. The third-order valence-corrected chi connectivity index (χ3v) is 4.47. The van der Waals surface area contributed by atoms with Gasteiger partial charge in [0.15, 0.2) is 0 Å². The number of hydrazone groups is 1. The van der Waals surface area contributed by atoms with E-state index in [0.717, 1.165) is 5.71 Å². The minimum Gasteiger partial charge on any atom is -0.270 e. The zero-order valence-corrected chi connectivity index (χ0v) is 14.1. The van der Waals surface area contributed by atoms with Crippen LogP contribution in [0.15, 0.2) is 35.4 Å². The maximum absolute atomic E-state index is 12.9. The van der Waals surface area contributed by atoms with Gasteiger partial charge in [0.1, 0.15) is 12.6 Å². The molecule has 0 radical (unpaired) electrons. The number of urea groups is 1. The lowest BCUT2D eigenvalue weighted by Gasteiger charge is -2.35. The summed E-state index contributed by atoms with van der Waals surface area (Å²) in [6.45, 7) is 11.9. The molecule has 1 fully saturated rings. The molecular weight excluding hydrogens is 308 g/mol. The second-order valence-electron chi connectivity index (χ2n) is 5.95. The van der Waals surface area contributed by atoms with Gasteiger partial charge in [-0.25, -0.2) is 9.37 Å². The van der Waals surface area contributed by atoms with Crippen LogP contribution in [0.25, 0.3) is 0 Å². The molecule has 3 aliphatic rings. The topological polar surface area (TPSA) is 71.6 Å². The van der Waals surface area contributed by atoms with Crippen LogP contribution in [0.5, 0.6) is 0 Å². The first-order valence-electron chi connectivity index (χ1n) is 7.79. The molecule has 8 heteroatoms. The molecule has 0 saturated carbocycles. The number of nitrogens with zero attached hydrogens (tertiary/aromatic N) is 6. The SMILES string of the molecule is C=CCN1N=C(C)C(C)[N+]2=C1N=C1C2C(=O)N(CC=C)C(=O)N1C. The summed E-state index contributed by atoms with van der Waals surface area (Å²) in [5.74, 6) is 0.722. The monoisotopic (exact) mass is 329 g/mol. The van der Waals surface area contributed by atoms with Crippen molar-refractivity contribution in [3.63, 3.8) is 0 Å². The van der Waals surface area contributed by atoms with Crippen molar-refractivity contribution < 1.29 is 14.2 Å². The second kappa shape index (κ2) is 5.70. The first-order valence-corrected chi connectivity index (χ1v) is 7.79. The van der Waals surface area contributed by atoms with Crippen molar-refractivity contribution in [1.29, 1.82) is 0 Å². The van der Waals surface area contributed by atoms with Crippen LogP contribution in [-0.2, 0) is 4.79 Å². The standard InChI is InChI=1S/C16H21N6O2/c1-6-8-20-14(23)12-13(19(5)16(20)24)17-15-21(9-7-2)18-10(3)11(4)22(12)15/h6-7,11-12H,1-2,8-9H2,3-5H3/q+1. The number of amides is 3. The molecule has 0 N–H and O–H groups in total. The van der Waals surface area contributed by atoms with Crippen LogP contribution in [-0.4, -0.2) is 81.1 Å². The maximum atomic E-state index is 12.9. The number of rotatable bonds is 4. The number of carbonyl (C=O) groups excluding carboxylic acids is 2. The van der Waals surface area contributed by atoms with Gasteiger partial charge in [-0.15, -0.1) is 16.7 Å². The maximum Gasteiger partial charge on any atom is 0.417 e. The van der Waals surface area contributed by atoms with E-state index in [4.69, 9.17) is 0 Å². The van der Waals surface area contributed by atoms with Gasteiger partial charge in [-0.05, 0) is 13.8 Å². The Morgan fingerprint density at radius 2 is 1.92 bits per heavy atom. The summed E-state index contributed by atoms with van der Waals surface area (Å²) >= 11 is 0. The largest absolute Gasteiger partial charge is 0.417 e. The fourth-order valence-corrected chi connectivity index (χ4v) is 3.12. The van der Waals surface area contributed by atoms with Crippen LogP contribution in [0, 0.1) is 0 Å². The van der Waals surface area contributed by atoms with Crippen molar-refractivity contribution in [1.82, 2.24) is 14.8 Å². The van der Waals surface area contributed by atoms with E-state index in [9.17, 15) is 9.59 Å². The molecule has 1 saturated heterocycles. The quantitative estimate of drug-likeness (QED) is 0.556. The van der Waals surface area contributed by atoms with E-state index in [0.29, 0.717) is 18.3 Å². The normalized spacial score (nSPS) is 26.2. The second-order valence-corrected chi connectivity index (χ2v) is 5.95. The van der Waals surface area contributed by atoms with Gasteiger partial charge in [0.2, 0.25) is 11.9 Å². The number of imide groups is 1. The highest BCUT2D eigenvalue weighted by Gasteiger charge is 2.55. The molecule has 0 aromatic rings. The molecule has 3 rings (SSSR count). The molecule has 3 aliphatic heterocycles. The number of guanidine groups is 1. The fraction of sp³-hybridized carbons (Fsp3) is 0.438. The van der Waals surface area contributed by atoms with Crippen LogP contribution in [0.4, 0.5) is 4.79 Å². The molecule has 0 spiro atoms. The third-order valence-electron chi connectivity index (χ3n) is 4.47. The van der Waals surface area contributed by atoms with E-state index >= 15 is 0 Å². The first kappa shape index (κ1) is 16.1.